The summed E-state index contributed by atoms with van der Waals surface area (Å²) in [4.78, 5) is 11.7. The Bertz CT molecular complexity index is 544. The van der Waals surface area contributed by atoms with Crippen LogP contribution in [0.2, 0.25) is 0 Å². The SMILES string of the molecule is CCCCCCC(=O)Nc1cccc(NS(N)(=O)=O)c1. The minimum absolute atomic E-state index is 0.0751. The van der Waals surface area contributed by atoms with Crippen molar-refractivity contribution in [3.63, 3.8) is 0 Å². The molecule has 0 saturated heterocycles. The predicted molar refractivity (Wildman–Crippen MR) is 80.6 cm³/mol. The summed E-state index contributed by atoms with van der Waals surface area (Å²) in [6, 6.07) is 6.41. The molecule has 0 aliphatic carbocycles. The highest BCUT2D eigenvalue weighted by Crippen LogP contribution is 2.16. The third kappa shape index (κ3) is 7.10. The second-order valence-electron chi connectivity index (χ2n) is 4.59. The van der Waals surface area contributed by atoms with Crippen LogP contribution in [0.1, 0.15) is 39.0 Å². The van der Waals surface area contributed by atoms with Gasteiger partial charge >= 0.3 is 0 Å². The Morgan fingerprint density at radius 2 is 1.90 bits per heavy atom. The van der Waals surface area contributed by atoms with Crippen LogP contribution in [-0.4, -0.2) is 14.3 Å². The van der Waals surface area contributed by atoms with Crippen molar-refractivity contribution >= 4 is 27.5 Å². The molecule has 20 heavy (non-hydrogen) atoms. The van der Waals surface area contributed by atoms with E-state index >= 15 is 0 Å². The fourth-order valence-corrected chi connectivity index (χ4v) is 2.22. The molecule has 4 N–H and O–H groups in total. The van der Waals surface area contributed by atoms with Gasteiger partial charge in [0.05, 0.1) is 5.69 Å². The Morgan fingerprint density at radius 1 is 1.20 bits per heavy atom. The molecule has 1 aromatic carbocycles. The van der Waals surface area contributed by atoms with E-state index in [0.29, 0.717) is 17.8 Å². The number of hydrogen-bond acceptors (Lipinski definition) is 3. The molecule has 0 unspecified atom stereocenters. The fraction of sp³-hybridized carbons (Fsp3) is 0.462. The number of benzene rings is 1. The van der Waals surface area contributed by atoms with E-state index in [9.17, 15) is 13.2 Å². The third-order valence-corrected chi connectivity index (χ3v) is 3.18. The van der Waals surface area contributed by atoms with E-state index in [2.05, 4.69) is 17.0 Å². The van der Waals surface area contributed by atoms with E-state index < -0.39 is 10.2 Å². The molecule has 0 saturated carbocycles. The first-order valence-electron chi connectivity index (χ1n) is 6.61. The topological polar surface area (TPSA) is 101 Å². The van der Waals surface area contributed by atoms with Crippen LogP contribution in [0, 0.1) is 0 Å². The number of nitrogens with two attached hydrogens (primary N) is 1. The smallest absolute Gasteiger partial charge is 0.296 e. The summed E-state index contributed by atoms with van der Waals surface area (Å²) in [5.74, 6) is -0.0751. The fourth-order valence-electron chi connectivity index (χ4n) is 1.76. The first-order chi connectivity index (χ1) is 9.40. The van der Waals surface area contributed by atoms with E-state index in [1.807, 2.05) is 0 Å². The summed E-state index contributed by atoms with van der Waals surface area (Å²) in [7, 11) is -3.81. The van der Waals surface area contributed by atoms with Crippen molar-refractivity contribution < 1.29 is 13.2 Å². The highest BCUT2D eigenvalue weighted by molar-refractivity contribution is 7.90. The Kier molecular flexibility index (Phi) is 6.47. The van der Waals surface area contributed by atoms with E-state index in [4.69, 9.17) is 5.14 Å². The highest BCUT2D eigenvalue weighted by Gasteiger charge is 2.05. The van der Waals surface area contributed by atoms with Gasteiger partial charge in [0.15, 0.2) is 0 Å². The maximum absolute atomic E-state index is 11.7. The van der Waals surface area contributed by atoms with Gasteiger partial charge in [-0.25, -0.2) is 5.14 Å². The van der Waals surface area contributed by atoms with Gasteiger partial charge in [-0.15, -0.1) is 0 Å². The zero-order valence-corrected chi connectivity index (χ0v) is 12.4. The lowest BCUT2D eigenvalue weighted by molar-refractivity contribution is -0.116. The largest absolute Gasteiger partial charge is 0.326 e. The highest BCUT2D eigenvalue weighted by atomic mass is 32.2. The maximum atomic E-state index is 11.7. The Balaban J connectivity index is 2.51. The van der Waals surface area contributed by atoms with Gasteiger partial charge in [-0.3, -0.25) is 9.52 Å². The maximum Gasteiger partial charge on any atom is 0.296 e. The van der Waals surface area contributed by atoms with Gasteiger partial charge in [0.1, 0.15) is 0 Å². The zero-order valence-electron chi connectivity index (χ0n) is 11.6. The first kappa shape index (κ1) is 16.5. The molecule has 0 radical (unpaired) electrons. The molecule has 1 amide bonds. The summed E-state index contributed by atoms with van der Waals surface area (Å²) in [6.45, 7) is 2.12. The zero-order chi connectivity index (χ0) is 15.0. The quantitative estimate of drug-likeness (QED) is 0.641. The van der Waals surface area contributed by atoms with Crippen molar-refractivity contribution in [3.05, 3.63) is 24.3 Å². The van der Waals surface area contributed by atoms with E-state index in [1.165, 1.54) is 6.07 Å². The van der Waals surface area contributed by atoms with Gasteiger partial charge in [0.2, 0.25) is 5.91 Å². The molecule has 0 fully saturated rings. The predicted octanol–water partition coefficient (Wildman–Crippen LogP) is 2.21. The van der Waals surface area contributed by atoms with Crippen LogP contribution >= 0.6 is 0 Å². The third-order valence-electron chi connectivity index (χ3n) is 2.66. The Morgan fingerprint density at radius 3 is 2.55 bits per heavy atom. The van der Waals surface area contributed by atoms with Crippen LogP contribution in [0.3, 0.4) is 0 Å². The van der Waals surface area contributed by atoms with Crippen LogP contribution in [0.15, 0.2) is 24.3 Å². The molecule has 1 aromatic rings. The van der Waals surface area contributed by atoms with Crippen LogP contribution in [0.25, 0.3) is 0 Å². The minimum Gasteiger partial charge on any atom is -0.326 e. The number of amides is 1. The lowest BCUT2D eigenvalue weighted by Crippen LogP contribution is -2.21. The number of anilines is 2. The van der Waals surface area contributed by atoms with Gasteiger partial charge in [-0.2, -0.15) is 8.42 Å². The lowest BCUT2D eigenvalue weighted by Gasteiger charge is -2.08. The summed E-state index contributed by atoms with van der Waals surface area (Å²) in [6.07, 6.45) is 4.61. The summed E-state index contributed by atoms with van der Waals surface area (Å²) >= 11 is 0. The van der Waals surface area contributed by atoms with Crippen LogP contribution in [0.5, 0.6) is 0 Å². The molecule has 6 nitrogen and oxygen atoms in total. The van der Waals surface area contributed by atoms with Crippen molar-refractivity contribution in [1.29, 1.82) is 0 Å². The summed E-state index contributed by atoms with van der Waals surface area (Å²) < 4.78 is 24.0. The Hall–Kier alpha value is -1.60. The number of nitrogens with one attached hydrogen (secondary N) is 2. The van der Waals surface area contributed by atoms with Gasteiger partial charge in [-0.05, 0) is 24.6 Å². The second-order valence-corrected chi connectivity index (χ2v) is 5.88. The van der Waals surface area contributed by atoms with E-state index in [-0.39, 0.29) is 5.91 Å². The molecule has 0 aliphatic rings. The molecule has 1 rings (SSSR count). The number of unbranched alkanes of at least 4 members (excludes halogenated alkanes) is 3. The monoisotopic (exact) mass is 299 g/mol. The Labute approximate surface area is 119 Å². The molecule has 0 heterocycles. The normalized spacial score (nSPS) is 11.1. The van der Waals surface area contributed by atoms with Gasteiger partial charge in [0, 0.05) is 12.1 Å². The molecular formula is C13H21N3O3S. The number of rotatable bonds is 8. The molecule has 7 heteroatoms. The molecule has 0 atom stereocenters. The number of carbonyl (C=O) groups is 1. The number of carbonyl (C=O) groups excluding carboxylic acids is 1. The molecule has 0 aromatic heterocycles. The first-order valence-corrected chi connectivity index (χ1v) is 8.16. The molecule has 0 aliphatic heterocycles. The van der Waals surface area contributed by atoms with Crippen LogP contribution < -0.4 is 15.2 Å². The minimum atomic E-state index is -3.81. The average Bonchev–Trinajstić information content (AvgIpc) is 2.33. The standard InChI is InChI=1S/C13H21N3O3S/c1-2-3-4-5-9-13(17)15-11-7-6-8-12(10-11)16-20(14,18)19/h6-8,10,16H,2-5,9H2,1H3,(H,15,17)(H2,14,18,19). The molecule has 0 bridgehead atoms. The summed E-state index contributed by atoms with van der Waals surface area (Å²) in [5, 5.41) is 7.62. The molecule has 0 spiro atoms. The molecular weight excluding hydrogens is 278 g/mol. The van der Waals surface area contributed by atoms with Gasteiger partial charge in [-0.1, -0.05) is 32.3 Å². The van der Waals surface area contributed by atoms with Crippen LogP contribution in [-0.2, 0) is 15.0 Å². The van der Waals surface area contributed by atoms with Crippen molar-refractivity contribution in [2.75, 3.05) is 10.0 Å². The number of hydrogen-bond donors (Lipinski definition) is 3. The van der Waals surface area contributed by atoms with E-state index in [1.54, 1.807) is 18.2 Å². The van der Waals surface area contributed by atoms with Crippen molar-refractivity contribution in [2.24, 2.45) is 5.14 Å². The van der Waals surface area contributed by atoms with Crippen molar-refractivity contribution in [1.82, 2.24) is 0 Å². The second kappa shape index (κ2) is 7.86. The average molecular weight is 299 g/mol. The van der Waals surface area contributed by atoms with Gasteiger partial charge in [0.25, 0.3) is 10.2 Å². The summed E-state index contributed by atoms with van der Waals surface area (Å²) in [5.41, 5.74) is 0.857. The molecule has 112 valence electrons. The van der Waals surface area contributed by atoms with Gasteiger partial charge < -0.3 is 5.32 Å². The van der Waals surface area contributed by atoms with Crippen molar-refractivity contribution in [3.8, 4) is 0 Å². The lowest BCUT2D eigenvalue weighted by atomic mass is 10.1. The van der Waals surface area contributed by atoms with E-state index in [0.717, 1.165) is 25.7 Å². The van der Waals surface area contributed by atoms with Crippen molar-refractivity contribution in [2.45, 2.75) is 39.0 Å². The van der Waals surface area contributed by atoms with Crippen LogP contribution in [0.4, 0.5) is 11.4 Å².